The average molecular weight is 385 g/mol. The van der Waals surface area contributed by atoms with Gasteiger partial charge in [-0.3, -0.25) is 9.59 Å². The Hall–Kier alpha value is -2.94. The number of primary amides is 1. The van der Waals surface area contributed by atoms with Crippen molar-refractivity contribution >= 4 is 38.5 Å². The Morgan fingerprint density at radius 1 is 1.30 bits per heavy atom. The normalized spacial score (nSPS) is 15.2. The number of nitrogens with zero attached hydrogens (tertiary/aromatic N) is 3. The van der Waals surface area contributed by atoms with E-state index in [1.54, 1.807) is 11.3 Å². The van der Waals surface area contributed by atoms with Gasteiger partial charge in [0.25, 0.3) is 5.91 Å². The largest absolute Gasteiger partial charge is 0.364 e. The standard InChI is InChI=1S/C18H19N5O3S/c19-16(24)14-9-12(26-22-14)10-20-17(25)11-5-7-23(8-6-11)18-21-13-3-1-2-4-15(13)27-18/h1-4,9,11H,5-8,10H2,(H2,19,24)(H,20,25). The molecule has 1 aliphatic heterocycles. The number of hydrogen-bond donors (Lipinski definition) is 2. The lowest BCUT2D eigenvalue weighted by molar-refractivity contribution is -0.125. The van der Waals surface area contributed by atoms with Gasteiger partial charge in [-0.1, -0.05) is 28.6 Å². The van der Waals surface area contributed by atoms with E-state index in [0.29, 0.717) is 5.76 Å². The predicted octanol–water partition coefficient (Wildman–Crippen LogP) is 1.92. The molecular weight excluding hydrogens is 366 g/mol. The predicted molar refractivity (Wildman–Crippen MR) is 101 cm³/mol. The lowest BCUT2D eigenvalue weighted by Gasteiger charge is -2.30. The summed E-state index contributed by atoms with van der Waals surface area (Å²) in [5.74, 6) is -0.312. The topological polar surface area (TPSA) is 114 Å². The fraction of sp³-hybridized carbons (Fsp3) is 0.333. The minimum absolute atomic E-state index is 0.0176. The molecule has 0 bridgehead atoms. The van der Waals surface area contributed by atoms with Crippen LogP contribution in [0.15, 0.2) is 34.9 Å². The maximum atomic E-state index is 12.4. The monoisotopic (exact) mass is 385 g/mol. The molecule has 2 aromatic heterocycles. The summed E-state index contributed by atoms with van der Waals surface area (Å²) in [4.78, 5) is 30.3. The number of piperidine rings is 1. The second kappa shape index (κ2) is 7.36. The van der Waals surface area contributed by atoms with E-state index in [0.717, 1.165) is 36.6 Å². The second-order valence-electron chi connectivity index (χ2n) is 6.49. The smallest absolute Gasteiger partial charge is 0.270 e. The summed E-state index contributed by atoms with van der Waals surface area (Å²) in [7, 11) is 0. The molecule has 0 aliphatic carbocycles. The number of carbonyl (C=O) groups is 2. The fourth-order valence-corrected chi connectivity index (χ4v) is 4.18. The first-order chi connectivity index (χ1) is 13.1. The molecule has 9 heteroatoms. The van der Waals surface area contributed by atoms with Crippen LogP contribution in [0.5, 0.6) is 0 Å². The Morgan fingerprint density at radius 2 is 2.07 bits per heavy atom. The molecule has 3 N–H and O–H groups in total. The summed E-state index contributed by atoms with van der Waals surface area (Å²) in [5, 5.41) is 7.40. The maximum absolute atomic E-state index is 12.4. The Labute approximate surface area is 159 Å². The molecule has 3 aromatic rings. The Morgan fingerprint density at radius 3 is 2.78 bits per heavy atom. The number of nitrogens with one attached hydrogen (secondary N) is 1. The average Bonchev–Trinajstić information content (AvgIpc) is 3.33. The van der Waals surface area contributed by atoms with Crippen LogP contribution in [-0.2, 0) is 11.3 Å². The molecule has 0 unspecified atom stereocenters. The van der Waals surface area contributed by atoms with Crippen molar-refractivity contribution in [3.63, 3.8) is 0 Å². The van der Waals surface area contributed by atoms with Crippen molar-refractivity contribution in [1.29, 1.82) is 0 Å². The van der Waals surface area contributed by atoms with Gasteiger partial charge >= 0.3 is 0 Å². The highest BCUT2D eigenvalue weighted by Gasteiger charge is 2.26. The molecule has 1 fully saturated rings. The molecule has 0 atom stereocenters. The van der Waals surface area contributed by atoms with Crippen molar-refractivity contribution in [3.05, 3.63) is 41.8 Å². The lowest BCUT2D eigenvalue weighted by Crippen LogP contribution is -2.40. The first-order valence-electron chi connectivity index (χ1n) is 8.74. The van der Waals surface area contributed by atoms with Gasteiger partial charge < -0.3 is 20.5 Å². The van der Waals surface area contributed by atoms with Crippen LogP contribution >= 0.6 is 11.3 Å². The number of nitrogens with two attached hydrogens (primary N) is 1. The van der Waals surface area contributed by atoms with Crippen LogP contribution < -0.4 is 16.0 Å². The Bertz CT molecular complexity index is 941. The van der Waals surface area contributed by atoms with Gasteiger partial charge in [-0.25, -0.2) is 4.98 Å². The highest BCUT2D eigenvalue weighted by Crippen LogP contribution is 2.31. The van der Waals surface area contributed by atoms with E-state index in [2.05, 4.69) is 26.4 Å². The van der Waals surface area contributed by atoms with Crippen molar-refractivity contribution < 1.29 is 14.1 Å². The molecule has 0 radical (unpaired) electrons. The summed E-state index contributed by atoms with van der Waals surface area (Å²) in [6.45, 7) is 1.79. The summed E-state index contributed by atoms with van der Waals surface area (Å²) >= 11 is 1.68. The van der Waals surface area contributed by atoms with Crippen LogP contribution in [0, 0.1) is 5.92 Å². The van der Waals surface area contributed by atoms with Crippen LogP contribution in [0.4, 0.5) is 5.13 Å². The number of benzene rings is 1. The van der Waals surface area contributed by atoms with Gasteiger partial charge in [-0.15, -0.1) is 0 Å². The highest BCUT2D eigenvalue weighted by molar-refractivity contribution is 7.22. The van der Waals surface area contributed by atoms with Gasteiger partial charge in [0.15, 0.2) is 16.6 Å². The third kappa shape index (κ3) is 3.77. The molecule has 0 spiro atoms. The van der Waals surface area contributed by atoms with Crippen LogP contribution in [0.1, 0.15) is 29.1 Å². The van der Waals surface area contributed by atoms with Crippen molar-refractivity contribution in [2.45, 2.75) is 19.4 Å². The van der Waals surface area contributed by atoms with Crippen LogP contribution in [0.3, 0.4) is 0 Å². The molecule has 3 heterocycles. The minimum Gasteiger partial charge on any atom is -0.364 e. The van der Waals surface area contributed by atoms with Crippen molar-refractivity contribution in [3.8, 4) is 0 Å². The van der Waals surface area contributed by atoms with E-state index in [-0.39, 0.29) is 24.1 Å². The number of rotatable bonds is 5. The molecule has 2 amide bonds. The minimum atomic E-state index is -0.654. The summed E-state index contributed by atoms with van der Waals surface area (Å²) < 4.78 is 6.16. The Kier molecular flexibility index (Phi) is 4.76. The van der Waals surface area contributed by atoms with Crippen LogP contribution in [0.25, 0.3) is 10.2 Å². The van der Waals surface area contributed by atoms with E-state index < -0.39 is 5.91 Å². The van der Waals surface area contributed by atoms with Crippen LogP contribution in [0.2, 0.25) is 0 Å². The number of anilines is 1. The van der Waals surface area contributed by atoms with Crippen molar-refractivity contribution in [2.75, 3.05) is 18.0 Å². The molecule has 4 rings (SSSR count). The first kappa shape index (κ1) is 17.5. The highest BCUT2D eigenvalue weighted by atomic mass is 32.1. The van der Waals surface area contributed by atoms with E-state index in [4.69, 9.17) is 10.3 Å². The van der Waals surface area contributed by atoms with E-state index >= 15 is 0 Å². The maximum Gasteiger partial charge on any atom is 0.270 e. The molecule has 0 saturated carbocycles. The molecule has 1 saturated heterocycles. The number of hydrogen-bond acceptors (Lipinski definition) is 7. The van der Waals surface area contributed by atoms with E-state index in [9.17, 15) is 9.59 Å². The molecule has 1 aromatic carbocycles. The fourth-order valence-electron chi connectivity index (χ4n) is 3.16. The van der Waals surface area contributed by atoms with Crippen LogP contribution in [-0.4, -0.2) is 35.0 Å². The van der Waals surface area contributed by atoms with Gasteiger partial charge in [0.05, 0.1) is 16.8 Å². The zero-order chi connectivity index (χ0) is 18.8. The number of thiazole rings is 1. The third-order valence-electron chi connectivity index (χ3n) is 4.67. The van der Waals surface area contributed by atoms with Crippen molar-refractivity contribution in [2.24, 2.45) is 11.7 Å². The SMILES string of the molecule is NC(=O)c1cc(CNC(=O)C2CCN(c3nc4ccccc4s3)CC2)on1. The summed E-state index contributed by atoms with van der Waals surface area (Å²) in [6.07, 6.45) is 1.54. The molecule has 140 valence electrons. The first-order valence-corrected chi connectivity index (χ1v) is 9.55. The molecule has 27 heavy (non-hydrogen) atoms. The van der Waals surface area contributed by atoms with E-state index in [1.807, 2.05) is 18.2 Å². The summed E-state index contributed by atoms with van der Waals surface area (Å²) in [5.41, 5.74) is 6.20. The van der Waals surface area contributed by atoms with Gasteiger partial charge in [-0.2, -0.15) is 0 Å². The van der Waals surface area contributed by atoms with Gasteiger partial charge in [-0.05, 0) is 25.0 Å². The summed E-state index contributed by atoms with van der Waals surface area (Å²) in [6, 6.07) is 9.54. The lowest BCUT2D eigenvalue weighted by atomic mass is 9.96. The molecule has 8 nitrogen and oxygen atoms in total. The van der Waals surface area contributed by atoms with Gasteiger partial charge in [0, 0.05) is 25.1 Å². The molecular formula is C18H19N5O3S. The zero-order valence-electron chi connectivity index (χ0n) is 14.6. The zero-order valence-corrected chi connectivity index (χ0v) is 15.4. The number of para-hydroxylation sites is 1. The van der Waals surface area contributed by atoms with Gasteiger partial charge in [0.1, 0.15) is 0 Å². The number of amides is 2. The number of fused-ring (bicyclic) bond motifs is 1. The van der Waals surface area contributed by atoms with E-state index in [1.165, 1.54) is 10.8 Å². The number of carbonyl (C=O) groups excluding carboxylic acids is 2. The number of aromatic nitrogens is 2. The van der Waals surface area contributed by atoms with Gasteiger partial charge in [0.2, 0.25) is 5.91 Å². The second-order valence-corrected chi connectivity index (χ2v) is 7.50. The molecule has 1 aliphatic rings. The Balaban J connectivity index is 1.30. The quantitative estimate of drug-likeness (QED) is 0.693. The van der Waals surface area contributed by atoms with Crippen molar-refractivity contribution in [1.82, 2.24) is 15.5 Å². The third-order valence-corrected chi connectivity index (χ3v) is 5.76.